The van der Waals surface area contributed by atoms with Crippen LogP contribution in [0.1, 0.15) is 22.3 Å². The Bertz CT molecular complexity index is 776. The highest BCUT2D eigenvalue weighted by atomic mass is 79.9. The number of Topliss-reactive ketones (excluding diaryl/α,β-unsaturated/α-hetero) is 1. The van der Waals surface area contributed by atoms with Crippen LogP contribution in [0.2, 0.25) is 0 Å². The normalized spacial score (nSPS) is 10.2. The minimum atomic E-state index is -0.450. The maximum atomic E-state index is 12.0. The highest BCUT2D eigenvalue weighted by molar-refractivity contribution is 9.10. The maximum Gasteiger partial charge on any atom is 0.306 e. The molecule has 0 fully saturated rings. The van der Waals surface area contributed by atoms with Crippen molar-refractivity contribution in [2.45, 2.75) is 12.8 Å². The molecule has 0 N–H and O–H groups in total. The van der Waals surface area contributed by atoms with E-state index in [1.165, 1.54) is 21.3 Å². The second kappa shape index (κ2) is 9.97. The quantitative estimate of drug-likeness (QED) is 0.439. The molecule has 0 aliphatic carbocycles. The molecule has 0 spiro atoms. The van der Waals surface area contributed by atoms with Gasteiger partial charge in [0.1, 0.15) is 0 Å². The van der Waals surface area contributed by atoms with Gasteiger partial charge in [0.2, 0.25) is 5.75 Å². The fraction of sp³-hybridized carbons (Fsp3) is 0.300. The molecule has 2 aromatic rings. The number of benzene rings is 2. The van der Waals surface area contributed by atoms with Crippen molar-refractivity contribution in [2.24, 2.45) is 0 Å². The number of ether oxygens (including phenoxy) is 4. The summed E-state index contributed by atoms with van der Waals surface area (Å²) in [7, 11) is 4.59. The topological polar surface area (TPSA) is 71.1 Å². The molecule has 0 unspecified atom stereocenters. The summed E-state index contributed by atoms with van der Waals surface area (Å²) in [6.07, 6.45) is 0.550. The van der Waals surface area contributed by atoms with Gasteiger partial charge in [0, 0.05) is 16.5 Å². The van der Waals surface area contributed by atoms with Gasteiger partial charge in [-0.05, 0) is 36.2 Å². The average molecular weight is 437 g/mol. The van der Waals surface area contributed by atoms with Crippen molar-refractivity contribution in [1.29, 1.82) is 0 Å². The van der Waals surface area contributed by atoms with Gasteiger partial charge in [-0.15, -0.1) is 0 Å². The van der Waals surface area contributed by atoms with E-state index < -0.39 is 5.97 Å². The monoisotopic (exact) mass is 436 g/mol. The molecule has 0 bridgehead atoms. The largest absolute Gasteiger partial charge is 0.493 e. The van der Waals surface area contributed by atoms with Gasteiger partial charge in [0.25, 0.3) is 0 Å². The van der Waals surface area contributed by atoms with Crippen molar-refractivity contribution < 1.29 is 28.5 Å². The molecule has 27 heavy (non-hydrogen) atoms. The van der Waals surface area contributed by atoms with Gasteiger partial charge < -0.3 is 18.9 Å². The highest BCUT2D eigenvalue weighted by Crippen LogP contribution is 2.38. The summed E-state index contributed by atoms with van der Waals surface area (Å²) in [4.78, 5) is 24.0. The fourth-order valence-electron chi connectivity index (χ4n) is 2.46. The molecule has 0 saturated carbocycles. The van der Waals surface area contributed by atoms with Crippen LogP contribution in [0.3, 0.4) is 0 Å². The lowest BCUT2D eigenvalue weighted by atomic mass is 10.1. The predicted octanol–water partition coefficient (Wildman–Crippen LogP) is 3.83. The van der Waals surface area contributed by atoms with Crippen molar-refractivity contribution in [1.82, 2.24) is 0 Å². The summed E-state index contributed by atoms with van der Waals surface area (Å²) in [6, 6.07) is 10.4. The van der Waals surface area contributed by atoms with Crippen molar-refractivity contribution in [3.63, 3.8) is 0 Å². The smallest absolute Gasteiger partial charge is 0.306 e. The van der Waals surface area contributed by atoms with E-state index in [4.69, 9.17) is 18.9 Å². The number of halogens is 1. The van der Waals surface area contributed by atoms with E-state index >= 15 is 0 Å². The number of hydrogen-bond donors (Lipinski definition) is 0. The zero-order valence-corrected chi connectivity index (χ0v) is 17.0. The van der Waals surface area contributed by atoms with Gasteiger partial charge in [0.15, 0.2) is 23.9 Å². The number of methoxy groups -OCH3 is 3. The van der Waals surface area contributed by atoms with Crippen LogP contribution in [0, 0.1) is 0 Å². The Morgan fingerprint density at radius 3 is 2.04 bits per heavy atom. The van der Waals surface area contributed by atoms with E-state index in [1.807, 2.05) is 0 Å². The predicted molar refractivity (Wildman–Crippen MR) is 104 cm³/mol. The maximum absolute atomic E-state index is 12.0. The lowest BCUT2D eigenvalue weighted by Crippen LogP contribution is -2.14. The first kappa shape index (κ1) is 20.8. The van der Waals surface area contributed by atoms with Gasteiger partial charge >= 0.3 is 5.97 Å². The Hall–Kier alpha value is -2.54. The summed E-state index contributed by atoms with van der Waals surface area (Å²) in [5, 5.41) is 0. The Balaban J connectivity index is 1.91. The molecule has 0 aliphatic heterocycles. The molecule has 0 atom stereocenters. The molecular weight excluding hydrogens is 416 g/mol. The first-order valence-corrected chi connectivity index (χ1v) is 9.01. The Labute approximate surface area is 166 Å². The van der Waals surface area contributed by atoms with Crippen molar-refractivity contribution in [3.8, 4) is 17.2 Å². The van der Waals surface area contributed by atoms with E-state index in [9.17, 15) is 9.59 Å². The number of carbonyl (C=O) groups is 2. The van der Waals surface area contributed by atoms with Crippen LogP contribution in [0.5, 0.6) is 17.2 Å². The third kappa shape index (κ3) is 5.72. The molecule has 0 aliphatic rings. The molecule has 0 amide bonds. The second-order valence-electron chi connectivity index (χ2n) is 5.62. The van der Waals surface area contributed by atoms with Crippen molar-refractivity contribution in [2.75, 3.05) is 27.9 Å². The average Bonchev–Trinajstić information content (AvgIpc) is 2.69. The van der Waals surface area contributed by atoms with Crippen LogP contribution in [0.15, 0.2) is 40.9 Å². The van der Waals surface area contributed by atoms with E-state index in [1.54, 1.807) is 36.4 Å². The Morgan fingerprint density at radius 2 is 1.52 bits per heavy atom. The molecule has 2 aromatic carbocycles. The summed E-state index contributed by atoms with van der Waals surface area (Å²) in [5.41, 5.74) is 1.33. The lowest BCUT2D eigenvalue weighted by molar-refractivity contribution is -0.142. The standard InChI is InChI=1S/C20H21BrO6/c1-24-17-10-13(11-18(25-2)20(17)26-3)4-9-19(23)27-12-16(22)14-5-7-15(21)8-6-14/h5-8,10-11H,4,9,12H2,1-3H3. The fourth-order valence-corrected chi connectivity index (χ4v) is 2.73. The number of rotatable bonds is 9. The molecule has 144 valence electrons. The zero-order chi connectivity index (χ0) is 19.8. The van der Waals surface area contributed by atoms with Crippen molar-refractivity contribution in [3.05, 3.63) is 52.0 Å². The third-order valence-electron chi connectivity index (χ3n) is 3.87. The van der Waals surface area contributed by atoms with Crippen LogP contribution < -0.4 is 14.2 Å². The highest BCUT2D eigenvalue weighted by Gasteiger charge is 2.15. The van der Waals surface area contributed by atoms with Gasteiger partial charge in [0.05, 0.1) is 21.3 Å². The van der Waals surface area contributed by atoms with E-state index in [0.29, 0.717) is 29.2 Å². The summed E-state index contributed by atoms with van der Waals surface area (Å²) < 4.78 is 21.8. The first-order valence-electron chi connectivity index (χ1n) is 8.21. The van der Waals surface area contributed by atoms with Gasteiger partial charge in [-0.25, -0.2) is 0 Å². The summed E-state index contributed by atoms with van der Waals surface area (Å²) in [6.45, 7) is -0.282. The number of esters is 1. The van der Waals surface area contributed by atoms with E-state index in [0.717, 1.165) is 10.0 Å². The van der Waals surface area contributed by atoms with Gasteiger partial charge in [-0.2, -0.15) is 0 Å². The Kier molecular flexibility index (Phi) is 7.67. The van der Waals surface area contributed by atoms with Gasteiger partial charge in [-0.3, -0.25) is 9.59 Å². The van der Waals surface area contributed by atoms with Crippen LogP contribution in [-0.4, -0.2) is 39.7 Å². The first-order chi connectivity index (χ1) is 13.0. The number of carbonyl (C=O) groups excluding carboxylic acids is 2. The van der Waals surface area contributed by atoms with Crippen LogP contribution in [-0.2, 0) is 16.0 Å². The van der Waals surface area contributed by atoms with Gasteiger partial charge in [-0.1, -0.05) is 28.1 Å². The molecule has 0 radical (unpaired) electrons. The van der Waals surface area contributed by atoms with Crippen LogP contribution >= 0.6 is 15.9 Å². The van der Waals surface area contributed by atoms with E-state index in [-0.39, 0.29) is 18.8 Å². The SMILES string of the molecule is COc1cc(CCC(=O)OCC(=O)c2ccc(Br)cc2)cc(OC)c1OC. The summed E-state index contributed by atoms with van der Waals surface area (Å²) in [5.74, 6) is 0.834. The molecule has 6 nitrogen and oxygen atoms in total. The minimum Gasteiger partial charge on any atom is -0.493 e. The number of ketones is 1. The Morgan fingerprint density at radius 1 is 0.926 bits per heavy atom. The van der Waals surface area contributed by atoms with E-state index in [2.05, 4.69) is 15.9 Å². The molecule has 2 rings (SSSR count). The molecule has 7 heteroatoms. The molecule has 0 heterocycles. The third-order valence-corrected chi connectivity index (χ3v) is 4.40. The van der Waals surface area contributed by atoms with Crippen LogP contribution in [0.25, 0.3) is 0 Å². The van der Waals surface area contributed by atoms with Crippen molar-refractivity contribution >= 4 is 27.7 Å². The minimum absolute atomic E-state index is 0.131. The van der Waals surface area contributed by atoms with Crippen LogP contribution in [0.4, 0.5) is 0 Å². The lowest BCUT2D eigenvalue weighted by Gasteiger charge is -2.14. The number of aryl methyl sites for hydroxylation is 1. The summed E-state index contributed by atoms with van der Waals surface area (Å²) >= 11 is 3.31. The molecule has 0 aromatic heterocycles. The molecule has 0 saturated heterocycles. The zero-order valence-electron chi connectivity index (χ0n) is 15.4. The second-order valence-corrected chi connectivity index (χ2v) is 6.54. The molecular formula is C20H21BrO6. The number of hydrogen-bond acceptors (Lipinski definition) is 6.